The van der Waals surface area contributed by atoms with E-state index in [-0.39, 0.29) is 0 Å². The van der Waals surface area contributed by atoms with Gasteiger partial charge >= 0.3 is 0 Å². The molecule has 0 radical (unpaired) electrons. The van der Waals surface area contributed by atoms with Gasteiger partial charge in [0.15, 0.2) is 0 Å². The van der Waals surface area contributed by atoms with Crippen molar-refractivity contribution in [2.24, 2.45) is 0 Å². The van der Waals surface area contributed by atoms with Crippen molar-refractivity contribution < 1.29 is 5.11 Å². The van der Waals surface area contributed by atoms with Crippen LogP contribution < -0.4 is 5.43 Å². The molecule has 0 saturated heterocycles. The van der Waals surface area contributed by atoms with E-state index in [1.54, 1.807) is 0 Å². The van der Waals surface area contributed by atoms with Crippen LogP contribution in [0.1, 0.15) is 39.3 Å². The molecule has 1 unspecified atom stereocenters. The first-order valence-electron chi connectivity index (χ1n) is 6.71. The molecule has 1 aromatic rings. The molecule has 0 spiro atoms. The number of allylic oxidation sites excluding steroid dienone is 1. The van der Waals surface area contributed by atoms with E-state index in [1.807, 2.05) is 37.2 Å². The van der Waals surface area contributed by atoms with E-state index in [4.69, 9.17) is 0 Å². The average Bonchev–Trinajstić information content (AvgIpc) is 2.35. The van der Waals surface area contributed by atoms with Crippen molar-refractivity contribution in [3.05, 3.63) is 35.0 Å². The van der Waals surface area contributed by atoms with Crippen LogP contribution in [0.2, 0.25) is 0 Å². The lowest BCUT2D eigenvalue weighted by Crippen LogP contribution is -2.28. The Labute approximate surface area is 115 Å². The molecule has 0 fully saturated rings. The van der Waals surface area contributed by atoms with E-state index < -0.39 is 5.60 Å². The van der Waals surface area contributed by atoms with Gasteiger partial charge in [-0.05, 0) is 45.7 Å². The van der Waals surface area contributed by atoms with Crippen molar-refractivity contribution in [1.29, 1.82) is 0 Å². The Hall–Kier alpha value is -1.39. The molecule has 0 aromatic carbocycles. The number of nitrogens with zero attached hydrogens (tertiary/aromatic N) is 2. The molecule has 2 N–H and O–H groups in total. The minimum absolute atomic E-state index is 0.691. The molecular weight excluding hydrogens is 238 g/mol. The summed E-state index contributed by atoms with van der Waals surface area (Å²) in [6, 6.07) is 5.73. The van der Waals surface area contributed by atoms with Crippen LogP contribution in [0.5, 0.6) is 0 Å². The fraction of sp³-hybridized carbons (Fsp3) is 0.533. The Morgan fingerprint density at radius 1 is 1.32 bits per heavy atom. The average molecular weight is 261 g/mol. The molecule has 2 bridgehead atoms. The first-order chi connectivity index (χ1) is 8.88. The number of likely N-dealkylation sites (N-methyl/N-ethyl adjacent to an activating group) is 1. The highest BCUT2D eigenvalue weighted by Gasteiger charge is 2.25. The monoisotopic (exact) mass is 261 g/mol. The molecule has 19 heavy (non-hydrogen) atoms. The lowest BCUT2D eigenvalue weighted by atomic mass is 9.92. The zero-order valence-corrected chi connectivity index (χ0v) is 12.2. The maximum atomic E-state index is 10.6. The molecule has 0 saturated carbocycles. The third-order valence-electron chi connectivity index (χ3n) is 3.80. The van der Waals surface area contributed by atoms with Gasteiger partial charge in [0, 0.05) is 13.6 Å². The Bertz CT molecular complexity index is 494. The molecule has 0 aliphatic carbocycles. The van der Waals surface area contributed by atoms with E-state index in [1.165, 1.54) is 11.1 Å². The van der Waals surface area contributed by atoms with Crippen LogP contribution in [0.15, 0.2) is 29.3 Å². The number of pyridine rings is 1. The van der Waals surface area contributed by atoms with Gasteiger partial charge in [-0.2, -0.15) is 0 Å². The number of hydrazine groups is 1. The Morgan fingerprint density at radius 3 is 2.79 bits per heavy atom. The molecule has 2 heterocycles. The number of rotatable bonds is 0. The van der Waals surface area contributed by atoms with Crippen LogP contribution in [-0.2, 0) is 5.60 Å². The van der Waals surface area contributed by atoms with Crippen LogP contribution >= 0.6 is 0 Å². The number of hydrogen-bond donors (Lipinski definition) is 2. The Kier molecular flexibility index (Phi) is 3.92. The van der Waals surface area contributed by atoms with Gasteiger partial charge in [-0.3, -0.25) is 0 Å². The van der Waals surface area contributed by atoms with Gasteiger partial charge < -0.3 is 10.5 Å². The zero-order valence-electron chi connectivity index (χ0n) is 12.2. The lowest BCUT2D eigenvalue weighted by Gasteiger charge is -2.23. The second kappa shape index (κ2) is 5.31. The van der Waals surface area contributed by atoms with Crippen molar-refractivity contribution in [3.8, 4) is 0 Å². The molecule has 104 valence electrons. The predicted molar refractivity (Wildman–Crippen MR) is 77.7 cm³/mol. The van der Waals surface area contributed by atoms with Gasteiger partial charge in [-0.25, -0.2) is 9.99 Å². The van der Waals surface area contributed by atoms with Crippen LogP contribution in [0.25, 0.3) is 0 Å². The van der Waals surface area contributed by atoms with E-state index in [0.717, 1.165) is 24.5 Å². The van der Waals surface area contributed by atoms with Crippen molar-refractivity contribution in [2.75, 3.05) is 19.0 Å². The summed E-state index contributed by atoms with van der Waals surface area (Å²) in [7, 11) is 2.00. The van der Waals surface area contributed by atoms with E-state index >= 15 is 0 Å². The Morgan fingerprint density at radius 2 is 2.05 bits per heavy atom. The number of anilines is 1. The van der Waals surface area contributed by atoms with Crippen LogP contribution in [-0.4, -0.2) is 28.7 Å². The number of fused-ring (bicyclic) bond motifs is 2. The predicted octanol–water partition coefficient (Wildman–Crippen LogP) is 2.68. The summed E-state index contributed by atoms with van der Waals surface area (Å²) < 4.78 is 0. The maximum Gasteiger partial charge on any atom is 0.140 e. The molecule has 4 nitrogen and oxygen atoms in total. The van der Waals surface area contributed by atoms with Crippen molar-refractivity contribution in [3.63, 3.8) is 0 Å². The van der Waals surface area contributed by atoms with Gasteiger partial charge in [-0.15, -0.1) is 0 Å². The summed E-state index contributed by atoms with van der Waals surface area (Å²) >= 11 is 0. The highest BCUT2D eigenvalue weighted by molar-refractivity contribution is 5.36. The summed E-state index contributed by atoms with van der Waals surface area (Å²) in [5, 5.41) is 12.6. The van der Waals surface area contributed by atoms with Crippen molar-refractivity contribution in [1.82, 2.24) is 9.99 Å². The smallest absolute Gasteiger partial charge is 0.140 e. The van der Waals surface area contributed by atoms with E-state index in [2.05, 4.69) is 24.3 Å². The highest BCUT2D eigenvalue weighted by Crippen LogP contribution is 2.28. The Balaban J connectivity index is 2.39. The second-order valence-electron chi connectivity index (χ2n) is 5.71. The summed E-state index contributed by atoms with van der Waals surface area (Å²) in [6.07, 6.45) is 1.58. The standard InChI is InChI=1S/C15H23N3O/c1-11-8-9-15(3,19)13-6-5-7-14(16-13)17-18(4)10-12(11)2/h5-7,19H,8-10H2,1-4H3,(H,16,17)/b12-11-. The minimum atomic E-state index is -0.887. The molecular formula is C15H23N3O. The largest absolute Gasteiger partial charge is 0.384 e. The van der Waals surface area contributed by atoms with E-state index in [9.17, 15) is 5.11 Å². The summed E-state index contributed by atoms with van der Waals surface area (Å²) in [6.45, 7) is 6.96. The summed E-state index contributed by atoms with van der Waals surface area (Å²) in [5.41, 5.74) is 5.75. The molecule has 4 heteroatoms. The fourth-order valence-electron chi connectivity index (χ4n) is 2.30. The van der Waals surface area contributed by atoms with Crippen LogP contribution in [0.4, 0.5) is 5.82 Å². The highest BCUT2D eigenvalue weighted by atomic mass is 16.3. The number of hydrogen-bond acceptors (Lipinski definition) is 4. The second-order valence-corrected chi connectivity index (χ2v) is 5.71. The maximum absolute atomic E-state index is 10.6. The topological polar surface area (TPSA) is 48.4 Å². The lowest BCUT2D eigenvalue weighted by molar-refractivity contribution is 0.0436. The van der Waals surface area contributed by atoms with Crippen molar-refractivity contribution in [2.45, 2.75) is 39.2 Å². The van der Waals surface area contributed by atoms with Crippen molar-refractivity contribution >= 4 is 5.82 Å². The first-order valence-corrected chi connectivity index (χ1v) is 6.71. The quantitative estimate of drug-likeness (QED) is 0.705. The van der Waals surface area contributed by atoms with E-state index in [0.29, 0.717) is 6.42 Å². The number of nitrogens with one attached hydrogen (secondary N) is 1. The molecule has 1 aliphatic heterocycles. The van der Waals surface area contributed by atoms with Gasteiger partial charge in [0.1, 0.15) is 11.4 Å². The molecule has 1 aliphatic rings. The first kappa shape index (κ1) is 14.0. The van der Waals surface area contributed by atoms with Gasteiger partial charge in [0.05, 0.1) is 5.69 Å². The molecule has 1 aromatic heterocycles. The number of aliphatic hydroxyl groups is 1. The van der Waals surface area contributed by atoms with Gasteiger partial charge in [-0.1, -0.05) is 17.2 Å². The van der Waals surface area contributed by atoms with Crippen LogP contribution in [0, 0.1) is 0 Å². The van der Waals surface area contributed by atoms with Gasteiger partial charge in [0.2, 0.25) is 0 Å². The summed E-state index contributed by atoms with van der Waals surface area (Å²) in [5.74, 6) is 0.771. The van der Waals surface area contributed by atoms with Crippen LogP contribution in [0.3, 0.4) is 0 Å². The molecule has 0 amide bonds. The normalized spacial score (nSPS) is 29.5. The third kappa shape index (κ3) is 3.33. The molecule has 1 atom stereocenters. The fourth-order valence-corrected chi connectivity index (χ4v) is 2.30. The molecule has 2 rings (SSSR count). The SMILES string of the molecule is C/C1=C(\C)CN(C)Nc2cccc(n2)C(C)(O)CC1. The van der Waals surface area contributed by atoms with Gasteiger partial charge in [0.25, 0.3) is 0 Å². The zero-order chi connectivity index (χ0) is 14.0. The summed E-state index contributed by atoms with van der Waals surface area (Å²) in [4.78, 5) is 4.51. The number of aromatic nitrogens is 1. The minimum Gasteiger partial charge on any atom is -0.384 e. The third-order valence-corrected chi connectivity index (χ3v) is 3.80.